The van der Waals surface area contributed by atoms with Crippen LogP contribution in [-0.2, 0) is 4.79 Å². The van der Waals surface area contributed by atoms with Crippen molar-refractivity contribution < 1.29 is 9.53 Å². The van der Waals surface area contributed by atoms with E-state index >= 15 is 0 Å². The van der Waals surface area contributed by atoms with Gasteiger partial charge in [0.25, 0.3) is 0 Å². The van der Waals surface area contributed by atoms with Crippen molar-refractivity contribution in [1.82, 2.24) is 20.4 Å². The number of aliphatic imine (C=N–C) groups is 1. The second kappa shape index (κ2) is 11.7. The molecule has 2 heterocycles. The van der Waals surface area contributed by atoms with Gasteiger partial charge in [0.05, 0.1) is 12.6 Å². The summed E-state index contributed by atoms with van der Waals surface area (Å²) in [5, 5.41) is 7.04. The Morgan fingerprint density at radius 1 is 1.18 bits per heavy atom. The zero-order valence-electron chi connectivity index (χ0n) is 20.3. The van der Waals surface area contributed by atoms with Crippen LogP contribution in [0.15, 0.2) is 29.3 Å². The molecule has 1 saturated heterocycles. The van der Waals surface area contributed by atoms with Crippen LogP contribution >= 0.6 is 24.0 Å². The normalized spacial score (nSPS) is 22.9. The fourth-order valence-corrected chi connectivity index (χ4v) is 4.82. The molecular formula is C25H40IN5O2. The molecule has 4 rings (SSSR count). The van der Waals surface area contributed by atoms with Crippen LogP contribution in [0.25, 0.3) is 0 Å². The van der Waals surface area contributed by atoms with Crippen LogP contribution in [-0.4, -0.2) is 73.1 Å². The number of piperazine rings is 1. The number of fused-ring (bicyclic) bond motifs is 1. The standard InChI is InChI=1S/C25H39N5O2.HI/c1-4-26-24(28-21-18-25(2,3)32-22-11-6-5-10-20(21)22)27-12-13-29-14-16-30(17-15-29)23(31)19-8-7-9-19;/h5-6,10-11,19,21H,4,7-9,12-18H2,1-3H3,(H2,26,27,28);1H. The molecule has 1 unspecified atom stereocenters. The summed E-state index contributed by atoms with van der Waals surface area (Å²) in [5.41, 5.74) is 0.963. The van der Waals surface area contributed by atoms with E-state index in [1.165, 1.54) is 12.0 Å². The zero-order chi connectivity index (χ0) is 22.6. The Balaban J connectivity index is 0.00000306. The number of benzene rings is 1. The second-order valence-corrected chi connectivity index (χ2v) is 9.86. The molecular weight excluding hydrogens is 529 g/mol. The van der Waals surface area contributed by atoms with E-state index in [-0.39, 0.29) is 35.6 Å². The molecule has 33 heavy (non-hydrogen) atoms. The van der Waals surface area contributed by atoms with Crippen LogP contribution in [0, 0.1) is 5.92 Å². The second-order valence-electron chi connectivity index (χ2n) is 9.86. The van der Waals surface area contributed by atoms with Gasteiger partial charge in [0, 0.05) is 57.2 Å². The van der Waals surface area contributed by atoms with Gasteiger partial charge in [0.15, 0.2) is 5.96 Å². The van der Waals surface area contributed by atoms with Crippen LogP contribution < -0.4 is 15.4 Å². The van der Waals surface area contributed by atoms with Crippen molar-refractivity contribution >= 4 is 35.8 Å². The molecule has 1 aromatic carbocycles. The minimum Gasteiger partial charge on any atom is -0.487 e. The smallest absolute Gasteiger partial charge is 0.225 e. The maximum Gasteiger partial charge on any atom is 0.225 e. The van der Waals surface area contributed by atoms with Crippen LogP contribution in [0.2, 0.25) is 0 Å². The lowest BCUT2D eigenvalue weighted by molar-refractivity contribution is -0.139. The maximum atomic E-state index is 12.4. The van der Waals surface area contributed by atoms with Crippen molar-refractivity contribution in [3.63, 3.8) is 0 Å². The highest BCUT2D eigenvalue weighted by Gasteiger charge is 2.34. The number of amides is 1. The number of hydrogen-bond donors (Lipinski definition) is 2. The summed E-state index contributed by atoms with van der Waals surface area (Å²) < 4.78 is 6.17. The van der Waals surface area contributed by atoms with Gasteiger partial charge in [0.2, 0.25) is 5.91 Å². The molecule has 7 nitrogen and oxygen atoms in total. The molecule has 1 saturated carbocycles. The monoisotopic (exact) mass is 569 g/mol. The molecule has 0 radical (unpaired) electrons. The number of ether oxygens (including phenoxy) is 1. The Labute approximate surface area is 215 Å². The summed E-state index contributed by atoms with van der Waals surface area (Å²) in [4.78, 5) is 21.8. The number of para-hydroxylation sites is 1. The van der Waals surface area contributed by atoms with Gasteiger partial charge < -0.3 is 20.3 Å². The topological polar surface area (TPSA) is 69.2 Å². The van der Waals surface area contributed by atoms with Crippen LogP contribution in [0.5, 0.6) is 5.75 Å². The molecule has 1 aromatic rings. The Morgan fingerprint density at radius 3 is 2.58 bits per heavy atom. The summed E-state index contributed by atoms with van der Waals surface area (Å²) in [5.74, 6) is 2.49. The summed E-state index contributed by atoms with van der Waals surface area (Å²) in [6, 6.07) is 8.43. The van der Waals surface area contributed by atoms with Gasteiger partial charge in [-0.2, -0.15) is 0 Å². The molecule has 0 bridgehead atoms. The predicted octanol–water partition coefficient (Wildman–Crippen LogP) is 3.41. The van der Waals surface area contributed by atoms with E-state index in [4.69, 9.17) is 9.73 Å². The lowest BCUT2D eigenvalue weighted by Crippen LogP contribution is -2.51. The zero-order valence-corrected chi connectivity index (χ0v) is 22.6. The van der Waals surface area contributed by atoms with Crippen molar-refractivity contribution in [2.45, 2.75) is 58.1 Å². The van der Waals surface area contributed by atoms with Gasteiger partial charge in [-0.3, -0.25) is 14.7 Å². The van der Waals surface area contributed by atoms with Crippen molar-refractivity contribution in [2.75, 3.05) is 45.8 Å². The van der Waals surface area contributed by atoms with E-state index in [1.54, 1.807) is 0 Å². The van der Waals surface area contributed by atoms with E-state index in [0.29, 0.717) is 11.8 Å². The lowest BCUT2D eigenvalue weighted by atomic mass is 9.84. The van der Waals surface area contributed by atoms with Crippen molar-refractivity contribution in [3.8, 4) is 5.75 Å². The Kier molecular flexibility index (Phi) is 9.26. The molecule has 0 aromatic heterocycles. The largest absolute Gasteiger partial charge is 0.487 e. The van der Waals surface area contributed by atoms with E-state index in [0.717, 1.165) is 76.8 Å². The van der Waals surface area contributed by atoms with Gasteiger partial charge in [-0.25, -0.2) is 0 Å². The first kappa shape index (κ1) is 26.1. The average molecular weight is 570 g/mol. The Hall–Kier alpha value is -1.55. The number of rotatable bonds is 6. The number of carbonyl (C=O) groups excluding carboxylic acids is 1. The van der Waals surface area contributed by atoms with E-state index in [9.17, 15) is 4.79 Å². The molecule has 1 aliphatic carbocycles. The van der Waals surface area contributed by atoms with Crippen LogP contribution in [0.3, 0.4) is 0 Å². The fourth-order valence-electron chi connectivity index (χ4n) is 4.82. The number of nitrogens with one attached hydrogen (secondary N) is 2. The molecule has 1 amide bonds. The summed E-state index contributed by atoms with van der Waals surface area (Å²) in [6.45, 7) is 12.4. The summed E-state index contributed by atoms with van der Waals surface area (Å²) in [6.07, 6.45) is 4.27. The van der Waals surface area contributed by atoms with Crippen molar-refractivity contribution in [2.24, 2.45) is 10.9 Å². The van der Waals surface area contributed by atoms with E-state index in [2.05, 4.69) is 53.3 Å². The third kappa shape index (κ3) is 6.74. The first-order valence-corrected chi connectivity index (χ1v) is 12.3. The molecule has 1 atom stereocenters. The fraction of sp³-hybridized carbons (Fsp3) is 0.680. The highest BCUT2D eigenvalue weighted by atomic mass is 127. The summed E-state index contributed by atoms with van der Waals surface area (Å²) >= 11 is 0. The first-order valence-electron chi connectivity index (χ1n) is 12.3. The molecule has 3 aliphatic rings. The SMILES string of the molecule is CCNC(=NCCN1CCN(C(=O)C2CCC2)CC1)NC1CC(C)(C)Oc2ccccc21.I. The Bertz CT molecular complexity index is 819. The van der Waals surface area contributed by atoms with E-state index < -0.39 is 0 Å². The third-order valence-electron chi connectivity index (χ3n) is 6.86. The van der Waals surface area contributed by atoms with Crippen molar-refractivity contribution in [3.05, 3.63) is 29.8 Å². The number of halogens is 1. The first-order chi connectivity index (χ1) is 15.4. The van der Waals surface area contributed by atoms with Crippen LogP contribution in [0.1, 0.15) is 58.1 Å². The average Bonchev–Trinajstić information content (AvgIpc) is 2.72. The van der Waals surface area contributed by atoms with E-state index in [1.807, 2.05) is 12.1 Å². The van der Waals surface area contributed by atoms with Gasteiger partial charge in [-0.1, -0.05) is 24.6 Å². The molecule has 8 heteroatoms. The molecule has 2 fully saturated rings. The van der Waals surface area contributed by atoms with Gasteiger partial charge in [0.1, 0.15) is 11.4 Å². The minimum absolute atomic E-state index is 0. The van der Waals surface area contributed by atoms with Gasteiger partial charge >= 0.3 is 0 Å². The maximum absolute atomic E-state index is 12.4. The highest BCUT2D eigenvalue weighted by Crippen LogP contribution is 2.39. The minimum atomic E-state index is -0.222. The number of carbonyl (C=O) groups is 1. The molecule has 184 valence electrons. The number of nitrogens with zero attached hydrogens (tertiary/aromatic N) is 3. The quantitative estimate of drug-likeness (QED) is 0.313. The third-order valence-corrected chi connectivity index (χ3v) is 6.86. The van der Waals surface area contributed by atoms with Gasteiger partial charge in [-0.05, 0) is 39.7 Å². The molecule has 2 aliphatic heterocycles. The van der Waals surface area contributed by atoms with Crippen LogP contribution in [0.4, 0.5) is 0 Å². The Morgan fingerprint density at radius 2 is 1.91 bits per heavy atom. The molecule has 2 N–H and O–H groups in total. The highest BCUT2D eigenvalue weighted by molar-refractivity contribution is 14.0. The predicted molar refractivity (Wildman–Crippen MR) is 143 cm³/mol. The van der Waals surface area contributed by atoms with Gasteiger partial charge in [-0.15, -0.1) is 24.0 Å². The number of guanidine groups is 1. The van der Waals surface area contributed by atoms with Crippen molar-refractivity contribution in [1.29, 1.82) is 0 Å². The molecule has 0 spiro atoms. The lowest BCUT2D eigenvalue weighted by Gasteiger charge is -2.38. The summed E-state index contributed by atoms with van der Waals surface area (Å²) in [7, 11) is 0. The number of hydrogen-bond acceptors (Lipinski definition) is 4.